The molecule has 0 unspecified atom stereocenters. The molecule has 0 heterocycles. The minimum Gasteiger partial charge on any atom is -0.309 e. The largest absolute Gasteiger partial charge is 0.309 e. The first-order valence-corrected chi connectivity index (χ1v) is 18.2. The Bertz CT molecular complexity index is 2630. The van der Waals surface area contributed by atoms with E-state index < -0.39 is 0 Å². The molecule has 0 aliphatic carbocycles. The van der Waals surface area contributed by atoms with E-state index in [2.05, 4.69) is 229 Å². The minimum atomic E-state index is 1.09. The molecule has 0 N–H and O–H groups in total. The molecule has 0 fully saturated rings. The van der Waals surface area contributed by atoms with Crippen LogP contribution in [-0.4, -0.2) is 0 Å². The van der Waals surface area contributed by atoms with Gasteiger partial charge in [0.05, 0.1) is 11.4 Å². The lowest BCUT2D eigenvalue weighted by molar-refractivity contribution is 1.28. The van der Waals surface area contributed by atoms with Crippen molar-refractivity contribution in [2.75, 3.05) is 4.90 Å². The topological polar surface area (TPSA) is 3.24 Å². The fraction of sp³-hybridized carbons (Fsp3) is 0. The molecule has 1 nitrogen and oxygen atoms in total. The maximum absolute atomic E-state index is 2.42. The molecule has 9 aromatic rings. The van der Waals surface area contributed by atoms with Gasteiger partial charge in [-0.05, 0) is 79.5 Å². The average molecular weight is 676 g/mol. The summed E-state index contributed by atoms with van der Waals surface area (Å²) in [5, 5.41) is 2.48. The lowest BCUT2D eigenvalue weighted by Gasteiger charge is -2.30. The third kappa shape index (κ3) is 6.30. The number of para-hydroxylation sites is 2. The summed E-state index contributed by atoms with van der Waals surface area (Å²) < 4.78 is 0. The fourth-order valence-electron chi connectivity index (χ4n) is 7.54. The molecular formula is C52H37N. The van der Waals surface area contributed by atoms with E-state index in [9.17, 15) is 0 Å². The molecule has 9 rings (SSSR count). The van der Waals surface area contributed by atoms with Gasteiger partial charge in [-0.25, -0.2) is 0 Å². The van der Waals surface area contributed by atoms with Gasteiger partial charge in [-0.15, -0.1) is 0 Å². The van der Waals surface area contributed by atoms with Gasteiger partial charge in [-0.2, -0.15) is 0 Å². The van der Waals surface area contributed by atoms with Gasteiger partial charge in [-0.3, -0.25) is 0 Å². The highest BCUT2D eigenvalue weighted by atomic mass is 15.1. The molecule has 9 aromatic carbocycles. The summed E-state index contributed by atoms with van der Waals surface area (Å²) in [5.41, 5.74) is 15.3. The van der Waals surface area contributed by atoms with Crippen LogP contribution in [0.15, 0.2) is 224 Å². The quantitative estimate of drug-likeness (QED) is 0.155. The number of benzene rings is 9. The second kappa shape index (κ2) is 14.3. The number of hydrogen-bond acceptors (Lipinski definition) is 1. The van der Waals surface area contributed by atoms with Gasteiger partial charge in [0.25, 0.3) is 0 Å². The number of nitrogens with zero attached hydrogens (tertiary/aromatic N) is 1. The van der Waals surface area contributed by atoms with E-state index in [1.165, 1.54) is 66.4 Å². The first kappa shape index (κ1) is 32.0. The molecule has 0 bridgehead atoms. The molecule has 0 amide bonds. The molecule has 0 atom stereocenters. The molecule has 0 aromatic heterocycles. The van der Waals surface area contributed by atoms with Gasteiger partial charge >= 0.3 is 0 Å². The summed E-state index contributed by atoms with van der Waals surface area (Å²) >= 11 is 0. The molecule has 0 spiro atoms. The van der Waals surface area contributed by atoms with Crippen molar-refractivity contribution in [1.29, 1.82) is 0 Å². The molecular weight excluding hydrogens is 639 g/mol. The summed E-state index contributed by atoms with van der Waals surface area (Å²) in [6, 6.07) is 80.8. The zero-order valence-corrected chi connectivity index (χ0v) is 29.3. The predicted octanol–water partition coefficient (Wildman–Crippen LogP) is 14.6. The van der Waals surface area contributed by atoms with Crippen LogP contribution in [0.4, 0.5) is 17.1 Å². The second-order valence-corrected chi connectivity index (χ2v) is 13.3. The number of fused-ring (bicyclic) bond motifs is 1. The van der Waals surface area contributed by atoms with Crippen LogP contribution in [0, 0.1) is 0 Å². The fourth-order valence-corrected chi connectivity index (χ4v) is 7.54. The molecule has 0 radical (unpaired) electrons. The van der Waals surface area contributed by atoms with Crippen molar-refractivity contribution in [2.45, 2.75) is 0 Å². The predicted molar refractivity (Wildman–Crippen MR) is 226 cm³/mol. The third-order valence-electron chi connectivity index (χ3n) is 10.1. The summed E-state index contributed by atoms with van der Waals surface area (Å²) in [6.07, 6.45) is 0. The normalized spacial score (nSPS) is 11.0. The van der Waals surface area contributed by atoms with Gasteiger partial charge in [0.1, 0.15) is 0 Å². The molecule has 53 heavy (non-hydrogen) atoms. The SMILES string of the molecule is c1ccc(-c2ccc(-c3ccccc3N(c3ccc(-c4c(-c5ccccc5)ccc5ccccc45)cc3)c3ccccc3-c3ccccc3)cc2)cc1. The zero-order valence-electron chi connectivity index (χ0n) is 29.3. The highest BCUT2D eigenvalue weighted by Gasteiger charge is 2.21. The van der Waals surface area contributed by atoms with Crippen LogP contribution < -0.4 is 4.90 Å². The van der Waals surface area contributed by atoms with Crippen molar-refractivity contribution in [2.24, 2.45) is 0 Å². The Morgan fingerprint density at radius 3 is 1.26 bits per heavy atom. The van der Waals surface area contributed by atoms with E-state index in [1.54, 1.807) is 0 Å². The highest BCUT2D eigenvalue weighted by molar-refractivity contribution is 6.04. The van der Waals surface area contributed by atoms with Crippen molar-refractivity contribution in [3.8, 4) is 55.6 Å². The lowest BCUT2D eigenvalue weighted by atomic mass is 9.89. The molecule has 0 saturated carbocycles. The summed E-state index contributed by atoms with van der Waals surface area (Å²) in [5.74, 6) is 0. The Morgan fingerprint density at radius 2 is 0.660 bits per heavy atom. The lowest BCUT2D eigenvalue weighted by Crippen LogP contribution is -2.12. The zero-order chi connectivity index (χ0) is 35.4. The Kier molecular flexibility index (Phi) is 8.66. The standard InChI is InChI=1S/C52H37N/c1-4-16-38(17-5-1)39-28-30-43(31-29-39)47-24-13-15-27-51(47)53(50-26-14-12-23-46(50)40-18-6-2-7-19-40)45-35-32-44(33-36-45)52-48-25-11-10-22-42(48)34-37-49(52)41-20-8-3-9-21-41/h1-37H. The van der Waals surface area contributed by atoms with Gasteiger partial charge in [0, 0.05) is 16.8 Å². The Morgan fingerprint density at radius 1 is 0.245 bits per heavy atom. The van der Waals surface area contributed by atoms with Gasteiger partial charge in [-0.1, -0.05) is 200 Å². The molecule has 0 aliphatic heterocycles. The van der Waals surface area contributed by atoms with Crippen molar-refractivity contribution in [1.82, 2.24) is 0 Å². The molecule has 250 valence electrons. The van der Waals surface area contributed by atoms with Crippen LogP contribution in [-0.2, 0) is 0 Å². The van der Waals surface area contributed by atoms with E-state index in [0.29, 0.717) is 0 Å². The third-order valence-corrected chi connectivity index (χ3v) is 10.1. The summed E-state index contributed by atoms with van der Waals surface area (Å²) in [7, 11) is 0. The van der Waals surface area contributed by atoms with Crippen molar-refractivity contribution in [3.63, 3.8) is 0 Å². The number of rotatable bonds is 8. The summed E-state index contributed by atoms with van der Waals surface area (Å²) in [4.78, 5) is 2.42. The smallest absolute Gasteiger partial charge is 0.0540 e. The highest BCUT2D eigenvalue weighted by Crippen LogP contribution is 2.46. The first-order valence-electron chi connectivity index (χ1n) is 18.2. The molecule has 0 saturated heterocycles. The first-order chi connectivity index (χ1) is 26.3. The van der Waals surface area contributed by atoms with E-state index in [-0.39, 0.29) is 0 Å². The van der Waals surface area contributed by atoms with Crippen LogP contribution in [0.2, 0.25) is 0 Å². The van der Waals surface area contributed by atoms with E-state index in [4.69, 9.17) is 0 Å². The second-order valence-electron chi connectivity index (χ2n) is 13.3. The van der Waals surface area contributed by atoms with Crippen LogP contribution in [0.3, 0.4) is 0 Å². The van der Waals surface area contributed by atoms with Gasteiger partial charge < -0.3 is 4.90 Å². The van der Waals surface area contributed by atoms with Gasteiger partial charge in [0.2, 0.25) is 0 Å². The molecule has 1 heteroatoms. The number of hydrogen-bond donors (Lipinski definition) is 0. The molecule has 0 aliphatic rings. The van der Waals surface area contributed by atoms with Crippen molar-refractivity contribution in [3.05, 3.63) is 224 Å². The minimum absolute atomic E-state index is 1.09. The summed E-state index contributed by atoms with van der Waals surface area (Å²) in [6.45, 7) is 0. The Hall–Kier alpha value is -6.96. The van der Waals surface area contributed by atoms with E-state index >= 15 is 0 Å². The number of anilines is 3. The average Bonchev–Trinajstić information content (AvgIpc) is 3.25. The van der Waals surface area contributed by atoms with E-state index in [0.717, 1.165) is 17.1 Å². The van der Waals surface area contributed by atoms with Crippen LogP contribution in [0.25, 0.3) is 66.4 Å². The Balaban J connectivity index is 1.21. The maximum atomic E-state index is 2.42. The van der Waals surface area contributed by atoms with Crippen molar-refractivity contribution < 1.29 is 0 Å². The van der Waals surface area contributed by atoms with Crippen LogP contribution in [0.1, 0.15) is 0 Å². The van der Waals surface area contributed by atoms with Crippen LogP contribution in [0.5, 0.6) is 0 Å². The monoisotopic (exact) mass is 675 g/mol. The Labute approximate surface area is 311 Å². The van der Waals surface area contributed by atoms with Crippen molar-refractivity contribution >= 4 is 27.8 Å². The van der Waals surface area contributed by atoms with Crippen LogP contribution >= 0.6 is 0 Å². The van der Waals surface area contributed by atoms with Gasteiger partial charge in [0.15, 0.2) is 0 Å². The van der Waals surface area contributed by atoms with E-state index in [1.807, 2.05) is 0 Å². The maximum Gasteiger partial charge on any atom is 0.0540 e.